The topological polar surface area (TPSA) is 40.5 Å². The zero-order valence-electron chi connectivity index (χ0n) is 14.7. The molecule has 0 unspecified atom stereocenters. The molecule has 2 heteroatoms. The van der Waals surface area contributed by atoms with Crippen LogP contribution in [0.2, 0.25) is 0 Å². The molecule has 2 nitrogen and oxygen atoms in total. The van der Waals surface area contributed by atoms with Crippen LogP contribution in [0.3, 0.4) is 0 Å². The van der Waals surface area contributed by atoms with Crippen LogP contribution in [-0.2, 0) is 0 Å². The molecule has 0 aromatic carbocycles. The molecule has 0 heterocycles. The van der Waals surface area contributed by atoms with E-state index in [1.807, 2.05) is 0 Å². The minimum Gasteiger partial charge on any atom is -0.393 e. The molecule has 23 heavy (non-hydrogen) atoms. The first kappa shape index (κ1) is 15.9. The highest BCUT2D eigenvalue weighted by Crippen LogP contribution is 2.66. The van der Waals surface area contributed by atoms with Crippen molar-refractivity contribution < 1.29 is 10.2 Å². The van der Waals surface area contributed by atoms with Gasteiger partial charge in [-0.15, -0.1) is 0 Å². The zero-order valence-corrected chi connectivity index (χ0v) is 14.7. The lowest BCUT2D eigenvalue weighted by atomic mass is 9.48. The summed E-state index contributed by atoms with van der Waals surface area (Å²) < 4.78 is 0. The van der Waals surface area contributed by atoms with E-state index in [1.54, 1.807) is 5.57 Å². The third-order valence-corrected chi connectivity index (χ3v) is 8.26. The summed E-state index contributed by atoms with van der Waals surface area (Å²) in [6.07, 6.45) is 13.9. The number of allylic oxidation sites excluding steroid dienone is 2. The molecule has 3 fully saturated rings. The summed E-state index contributed by atoms with van der Waals surface area (Å²) in [5, 5.41) is 19.4. The van der Waals surface area contributed by atoms with Crippen molar-refractivity contribution in [3.05, 3.63) is 23.3 Å². The Hall–Kier alpha value is -0.600. The minimum atomic E-state index is -0.106. The molecule has 6 atom stereocenters. The number of fused-ring (bicyclic) bond motifs is 5. The van der Waals surface area contributed by atoms with Gasteiger partial charge < -0.3 is 10.2 Å². The first-order chi connectivity index (χ1) is 11.0. The Morgan fingerprint density at radius 1 is 1.13 bits per heavy atom. The number of hydrogen-bond donors (Lipinski definition) is 2. The van der Waals surface area contributed by atoms with Gasteiger partial charge in [-0.2, -0.15) is 0 Å². The Balaban J connectivity index is 1.66. The molecule has 0 aromatic rings. The third-order valence-electron chi connectivity index (χ3n) is 8.26. The first-order valence-electron chi connectivity index (χ1n) is 9.67. The second-order valence-electron chi connectivity index (χ2n) is 9.06. The Labute approximate surface area is 140 Å². The largest absolute Gasteiger partial charge is 0.393 e. The van der Waals surface area contributed by atoms with Crippen molar-refractivity contribution in [2.24, 2.45) is 28.6 Å². The van der Waals surface area contributed by atoms with Gasteiger partial charge in [-0.25, -0.2) is 0 Å². The quantitative estimate of drug-likeness (QED) is 0.711. The second-order valence-corrected chi connectivity index (χ2v) is 9.06. The van der Waals surface area contributed by atoms with Crippen LogP contribution in [0, 0.1) is 28.6 Å². The maximum absolute atomic E-state index is 10.1. The molecule has 3 saturated carbocycles. The van der Waals surface area contributed by atoms with Gasteiger partial charge in [0, 0.05) is 0 Å². The molecule has 4 aliphatic rings. The predicted octanol–water partition coefficient (Wildman–Crippen LogP) is 4.23. The summed E-state index contributed by atoms with van der Waals surface area (Å²) in [7, 11) is 0. The molecule has 0 spiro atoms. The van der Waals surface area contributed by atoms with Crippen LogP contribution >= 0.6 is 0 Å². The van der Waals surface area contributed by atoms with Crippen molar-refractivity contribution in [3.8, 4) is 0 Å². The van der Waals surface area contributed by atoms with Gasteiger partial charge in [0.05, 0.1) is 12.7 Å². The average molecular weight is 316 g/mol. The maximum Gasteiger partial charge on any atom is 0.0615 e. The van der Waals surface area contributed by atoms with Crippen molar-refractivity contribution in [1.29, 1.82) is 0 Å². The molecule has 0 bridgehead atoms. The van der Waals surface area contributed by atoms with Crippen LogP contribution in [0.25, 0.3) is 0 Å². The van der Waals surface area contributed by atoms with Gasteiger partial charge in [0.25, 0.3) is 0 Å². The van der Waals surface area contributed by atoms with E-state index in [0.29, 0.717) is 10.8 Å². The second kappa shape index (κ2) is 5.46. The molecular formula is C21H32O2. The van der Waals surface area contributed by atoms with Crippen molar-refractivity contribution in [2.75, 3.05) is 6.61 Å². The first-order valence-corrected chi connectivity index (χ1v) is 9.67. The summed E-state index contributed by atoms with van der Waals surface area (Å²) in [4.78, 5) is 0. The molecule has 4 rings (SSSR count). The van der Waals surface area contributed by atoms with E-state index in [-0.39, 0.29) is 12.7 Å². The van der Waals surface area contributed by atoms with E-state index in [2.05, 4.69) is 26.0 Å². The molecule has 0 saturated heterocycles. The van der Waals surface area contributed by atoms with Gasteiger partial charge in [0.2, 0.25) is 0 Å². The van der Waals surface area contributed by atoms with E-state index >= 15 is 0 Å². The molecule has 0 radical (unpaired) electrons. The lowest BCUT2D eigenvalue weighted by Crippen LogP contribution is -2.49. The maximum atomic E-state index is 10.1. The number of aliphatic hydroxyl groups excluding tert-OH is 2. The molecular weight excluding hydrogens is 284 g/mol. The minimum absolute atomic E-state index is 0.106. The van der Waals surface area contributed by atoms with Gasteiger partial charge in [0.15, 0.2) is 0 Å². The van der Waals surface area contributed by atoms with Crippen LogP contribution in [0.4, 0.5) is 0 Å². The molecule has 0 amide bonds. The Kier molecular flexibility index (Phi) is 3.77. The molecule has 2 N–H and O–H groups in total. The van der Waals surface area contributed by atoms with Gasteiger partial charge >= 0.3 is 0 Å². The number of aliphatic hydroxyl groups is 2. The normalized spacial score (nSPS) is 51.0. The summed E-state index contributed by atoms with van der Waals surface area (Å²) in [5.41, 5.74) is 3.76. The van der Waals surface area contributed by atoms with E-state index in [0.717, 1.165) is 30.6 Å². The molecule has 0 aromatic heterocycles. The predicted molar refractivity (Wildman–Crippen MR) is 92.9 cm³/mol. The highest BCUT2D eigenvalue weighted by atomic mass is 16.3. The summed E-state index contributed by atoms with van der Waals surface area (Å²) >= 11 is 0. The van der Waals surface area contributed by atoms with Crippen LogP contribution < -0.4 is 0 Å². The van der Waals surface area contributed by atoms with E-state index in [9.17, 15) is 10.2 Å². The van der Waals surface area contributed by atoms with E-state index in [4.69, 9.17) is 0 Å². The third kappa shape index (κ3) is 2.21. The fraction of sp³-hybridized carbons (Fsp3) is 0.810. The number of rotatable bonds is 1. The highest BCUT2D eigenvalue weighted by Gasteiger charge is 2.56. The molecule has 128 valence electrons. The lowest BCUT2D eigenvalue weighted by molar-refractivity contribution is -0.0269. The molecule has 0 aliphatic heterocycles. The Bertz CT molecular complexity index is 548. The van der Waals surface area contributed by atoms with E-state index < -0.39 is 0 Å². The smallest absolute Gasteiger partial charge is 0.0615 e. The van der Waals surface area contributed by atoms with E-state index in [1.165, 1.54) is 44.1 Å². The summed E-state index contributed by atoms with van der Waals surface area (Å²) in [6.45, 7) is 5.16. The van der Waals surface area contributed by atoms with Crippen LogP contribution in [0.15, 0.2) is 23.3 Å². The average Bonchev–Trinajstić information content (AvgIpc) is 2.85. The van der Waals surface area contributed by atoms with Crippen molar-refractivity contribution in [1.82, 2.24) is 0 Å². The number of hydrogen-bond acceptors (Lipinski definition) is 2. The van der Waals surface area contributed by atoms with Crippen LogP contribution in [0.5, 0.6) is 0 Å². The lowest BCUT2D eigenvalue weighted by Gasteiger charge is -2.57. The Morgan fingerprint density at radius 2 is 1.87 bits per heavy atom. The fourth-order valence-electron chi connectivity index (χ4n) is 6.94. The standard InChI is InChI=1S/C21H32O2/c1-20-11-8-19-17(18(20)6-4-14(20)9-12-22)5-3-15-13-16(23)7-10-21(15,19)2/h3,9,16-19,22-23H,4-8,10-13H2,1-2H3/b14-9+/t16-,17-,18-,19-,20+,21-/m0/s1. The molecule has 4 aliphatic carbocycles. The van der Waals surface area contributed by atoms with Gasteiger partial charge in [-0.1, -0.05) is 37.1 Å². The van der Waals surface area contributed by atoms with Gasteiger partial charge in [0.1, 0.15) is 0 Å². The summed E-state index contributed by atoms with van der Waals surface area (Å²) in [6, 6.07) is 0. The van der Waals surface area contributed by atoms with Crippen LogP contribution in [0.1, 0.15) is 65.2 Å². The summed E-state index contributed by atoms with van der Waals surface area (Å²) in [5.74, 6) is 2.41. The van der Waals surface area contributed by atoms with Crippen molar-refractivity contribution in [3.63, 3.8) is 0 Å². The zero-order chi connectivity index (χ0) is 16.2. The monoisotopic (exact) mass is 316 g/mol. The SMILES string of the molecule is C[C@]12CC[C@H](O)CC1=CC[C@@H]1[C@@H]2CC[C@]2(C)/C(=C/CO)CC[C@@H]12. The highest BCUT2D eigenvalue weighted by molar-refractivity contribution is 5.29. The Morgan fingerprint density at radius 3 is 2.65 bits per heavy atom. The van der Waals surface area contributed by atoms with Gasteiger partial charge in [-0.3, -0.25) is 0 Å². The van der Waals surface area contributed by atoms with Crippen molar-refractivity contribution in [2.45, 2.75) is 71.3 Å². The van der Waals surface area contributed by atoms with Gasteiger partial charge in [-0.05, 0) is 80.0 Å². The van der Waals surface area contributed by atoms with Crippen molar-refractivity contribution >= 4 is 0 Å². The fourth-order valence-corrected chi connectivity index (χ4v) is 6.94. The van der Waals surface area contributed by atoms with Crippen LogP contribution in [-0.4, -0.2) is 22.9 Å².